The molecule has 0 amide bonds. The maximum absolute atomic E-state index is 5.69. The Balaban J connectivity index is 2.60. The number of anilines is 1. The van der Waals surface area contributed by atoms with Crippen LogP contribution in [0.15, 0.2) is 23.3 Å². The monoisotopic (exact) mass is 153 g/mol. The smallest absolute Gasteiger partial charge is 0.0843 e. The van der Waals surface area contributed by atoms with Crippen molar-refractivity contribution in [2.75, 3.05) is 5.43 Å². The lowest BCUT2D eigenvalue weighted by molar-refractivity contribution is 1.06. The van der Waals surface area contributed by atoms with Crippen molar-refractivity contribution in [3.8, 4) is 0 Å². The molecule has 49 valence electrons. The zero-order chi connectivity index (χ0) is 6.97. The van der Waals surface area contributed by atoms with Gasteiger partial charge in [0.05, 0.1) is 0 Å². The fourth-order valence-corrected chi connectivity index (χ4v) is 0.981. The molecule has 0 saturated heterocycles. The number of hydrogen-bond donors (Lipinski definition) is 1. The van der Waals surface area contributed by atoms with E-state index < -0.39 is 0 Å². The highest BCUT2D eigenvalue weighted by atomic mass is 35.5. The number of rotatable bonds is 0. The molecule has 2 rings (SSSR count). The van der Waals surface area contributed by atoms with Crippen molar-refractivity contribution in [1.29, 1.82) is 0 Å². The lowest BCUT2D eigenvalue weighted by Crippen LogP contribution is -1.90. The summed E-state index contributed by atoms with van der Waals surface area (Å²) in [7, 11) is 0. The van der Waals surface area contributed by atoms with Crippen molar-refractivity contribution >= 4 is 23.0 Å². The van der Waals surface area contributed by atoms with E-state index in [1.54, 1.807) is 12.1 Å². The van der Waals surface area contributed by atoms with Gasteiger partial charge in [-0.1, -0.05) is 17.0 Å². The highest BCUT2D eigenvalue weighted by Gasteiger charge is 2.16. The van der Waals surface area contributed by atoms with Crippen LogP contribution in [0.3, 0.4) is 0 Å². The van der Waals surface area contributed by atoms with E-state index in [0.29, 0.717) is 5.02 Å². The van der Waals surface area contributed by atoms with Crippen LogP contribution in [-0.4, -0.2) is 0 Å². The molecule has 1 aliphatic rings. The van der Waals surface area contributed by atoms with Crippen molar-refractivity contribution in [3.63, 3.8) is 0 Å². The summed E-state index contributed by atoms with van der Waals surface area (Å²) >= 11 is 5.69. The molecule has 0 fully saturated rings. The van der Waals surface area contributed by atoms with E-state index in [-0.39, 0.29) is 0 Å². The van der Waals surface area contributed by atoms with Crippen LogP contribution in [0.25, 0.3) is 0 Å². The summed E-state index contributed by atoms with van der Waals surface area (Å²) in [4.78, 5) is 0. The van der Waals surface area contributed by atoms with E-state index in [1.165, 1.54) is 0 Å². The molecule has 1 aromatic carbocycles. The Labute approximate surface area is 62.7 Å². The molecule has 0 bridgehead atoms. The molecule has 0 aliphatic carbocycles. The maximum atomic E-state index is 5.69. The summed E-state index contributed by atoms with van der Waals surface area (Å²) < 4.78 is 0. The maximum Gasteiger partial charge on any atom is 0.331 e. The first kappa shape index (κ1) is 5.68. The molecular weight excluding hydrogens is 150 g/mol. The predicted molar refractivity (Wildman–Crippen MR) is 39.3 cm³/mol. The van der Waals surface area contributed by atoms with Gasteiger partial charge in [-0.2, -0.15) is 0 Å². The summed E-state index contributed by atoms with van der Waals surface area (Å²) in [6, 6.07) is 5.40. The van der Waals surface area contributed by atoms with Crippen LogP contribution in [0.2, 0.25) is 5.02 Å². The summed E-state index contributed by atoms with van der Waals surface area (Å²) in [6.07, 6.45) is 0. The molecule has 0 spiro atoms. The zero-order valence-corrected chi connectivity index (χ0v) is 5.76. The summed E-state index contributed by atoms with van der Waals surface area (Å²) in [6.45, 7) is 0. The average Bonchev–Trinajstić information content (AvgIpc) is 2.33. The quantitative estimate of drug-likeness (QED) is 0.609. The fourth-order valence-electron chi connectivity index (χ4n) is 0.815. The van der Waals surface area contributed by atoms with E-state index in [0.717, 1.165) is 11.4 Å². The Bertz CT molecular complexity index is 295. The van der Waals surface area contributed by atoms with E-state index in [4.69, 9.17) is 11.6 Å². The number of nitrogens with one attached hydrogen (secondary N) is 1. The number of hydrogen-bond acceptors (Lipinski definition) is 3. The molecule has 1 radical (unpaired) electrons. The minimum atomic E-state index is 0.682. The Morgan fingerprint density at radius 1 is 1.50 bits per heavy atom. The van der Waals surface area contributed by atoms with Crippen LogP contribution in [0.1, 0.15) is 0 Å². The zero-order valence-electron chi connectivity index (χ0n) is 5.00. The van der Waals surface area contributed by atoms with Gasteiger partial charge in [-0.3, -0.25) is 0 Å². The van der Waals surface area contributed by atoms with Crippen LogP contribution >= 0.6 is 11.6 Å². The highest BCUT2D eigenvalue weighted by molar-refractivity contribution is 6.31. The van der Waals surface area contributed by atoms with Crippen LogP contribution in [0.5, 0.6) is 0 Å². The molecule has 1 N–H and O–H groups in total. The first-order chi connectivity index (χ1) is 4.86. The van der Waals surface area contributed by atoms with Gasteiger partial charge in [0.1, 0.15) is 10.8 Å². The van der Waals surface area contributed by atoms with Crippen LogP contribution in [0.4, 0.5) is 11.4 Å². The number of benzene rings is 1. The molecule has 0 atom stereocenters. The Hall–Kier alpha value is -1.09. The van der Waals surface area contributed by atoms with E-state index in [1.807, 2.05) is 6.07 Å². The highest BCUT2D eigenvalue weighted by Crippen LogP contribution is 2.29. The van der Waals surface area contributed by atoms with E-state index >= 15 is 0 Å². The van der Waals surface area contributed by atoms with Crippen LogP contribution < -0.4 is 10.6 Å². The van der Waals surface area contributed by atoms with Crippen LogP contribution in [-0.2, 0) is 0 Å². The van der Waals surface area contributed by atoms with Crippen molar-refractivity contribution in [2.45, 2.75) is 0 Å². The van der Waals surface area contributed by atoms with Gasteiger partial charge in [-0.15, -0.1) is 0 Å². The second-order valence-corrected chi connectivity index (χ2v) is 2.41. The SMILES string of the molecule is Clc1ccc2c(c1)N=[N+]N2. The lowest BCUT2D eigenvalue weighted by atomic mass is 10.3. The summed E-state index contributed by atoms with van der Waals surface area (Å²) in [5, 5.41) is 8.08. The topological polar surface area (TPSA) is 38.5 Å². The van der Waals surface area contributed by atoms with Gasteiger partial charge in [0, 0.05) is 5.02 Å². The molecule has 0 aromatic heterocycles. The number of fused-ring (bicyclic) bond motifs is 1. The summed E-state index contributed by atoms with van der Waals surface area (Å²) in [5.74, 6) is 0. The fraction of sp³-hybridized carbons (Fsp3) is 0. The molecule has 4 heteroatoms. The minimum Gasteiger partial charge on any atom is -0.0843 e. The van der Waals surface area contributed by atoms with Crippen LogP contribution in [0, 0.1) is 0 Å². The van der Waals surface area contributed by atoms with Gasteiger partial charge in [0.15, 0.2) is 5.69 Å². The lowest BCUT2D eigenvalue weighted by Gasteiger charge is -1.88. The van der Waals surface area contributed by atoms with Crippen molar-refractivity contribution in [2.24, 2.45) is 5.11 Å². The van der Waals surface area contributed by atoms with Crippen molar-refractivity contribution in [3.05, 3.63) is 23.2 Å². The number of halogens is 1. The van der Waals surface area contributed by atoms with Crippen molar-refractivity contribution < 1.29 is 0 Å². The van der Waals surface area contributed by atoms with Gasteiger partial charge >= 0.3 is 5.22 Å². The van der Waals surface area contributed by atoms with E-state index in [9.17, 15) is 0 Å². The van der Waals surface area contributed by atoms with Gasteiger partial charge in [-0.25, -0.2) is 0 Å². The predicted octanol–water partition coefficient (Wildman–Crippen LogP) is 2.10. The molecule has 0 saturated carbocycles. The largest absolute Gasteiger partial charge is 0.331 e. The third-order valence-corrected chi connectivity index (χ3v) is 1.52. The Morgan fingerprint density at radius 2 is 2.40 bits per heavy atom. The second kappa shape index (κ2) is 1.95. The first-order valence-corrected chi connectivity index (χ1v) is 3.20. The molecule has 1 aliphatic heterocycles. The molecule has 0 unspecified atom stereocenters. The van der Waals surface area contributed by atoms with Crippen molar-refractivity contribution in [1.82, 2.24) is 5.22 Å². The average molecular weight is 154 g/mol. The summed E-state index contributed by atoms with van der Waals surface area (Å²) in [5.41, 5.74) is 4.43. The molecule has 1 aromatic rings. The standard InChI is InChI=1S/C6H4ClN3/c7-4-1-2-5-6(3-4)9-10-8-5/h1-3H,(H,8,9)/q+1. The van der Waals surface area contributed by atoms with Gasteiger partial charge in [0.25, 0.3) is 0 Å². The first-order valence-electron chi connectivity index (χ1n) is 2.82. The Morgan fingerprint density at radius 3 is 3.30 bits per heavy atom. The van der Waals surface area contributed by atoms with Gasteiger partial charge < -0.3 is 0 Å². The molecule has 3 nitrogen and oxygen atoms in total. The normalized spacial score (nSPS) is 12.9. The molecule has 1 heterocycles. The van der Waals surface area contributed by atoms with Gasteiger partial charge in [0.2, 0.25) is 0 Å². The third kappa shape index (κ3) is 0.752. The molecule has 10 heavy (non-hydrogen) atoms. The Kier molecular flexibility index (Phi) is 1.11. The van der Waals surface area contributed by atoms with E-state index in [2.05, 4.69) is 15.8 Å². The minimum absolute atomic E-state index is 0.682. The van der Waals surface area contributed by atoms with Gasteiger partial charge in [-0.05, 0) is 18.2 Å². The second-order valence-electron chi connectivity index (χ2n) is 1.97. The molecular formula is C6H4ClN3+. The third-order valence-electron chi connectivity index (χ3n) is 1.29. The number of nitrogens with zero attached hydrogens (tertiary/aromatic N) is 2.